The number of anilines is 2. The second-order valence-electron chi connectivity index (χ2n) is 5.10. The van der Waals surface area contributed by atoms with Gasteiger partial charge in [-0.1, -0.05) is 0 Å². The lowest BCUT2D eigenvalue weighted by Crippen LogP contribution is -2.37. The number of thiophene rings is 1. The fraction of sp³-hybridized carbons (Fsp3) is 0.538. The van der Waals surface area contributed by atoms with Crippen molar-refractivity contribution in [2.24, 2.45) is 0 Å². The van der Waals surface area contributed by atoms with Gasteiger partial charge in [0.1, 0.15) is 16.2 Å². The van der Waals surface area contributed by atoms with E-state index < -0.39 is 5.60 Å². The van der Waals surface area contributed by atoms with Gasteiger partial charge in [0, 0.05) is 31.5 Å². The van der Waals surface area contributed by atoms with E-state index in [4.69, 9.17) is 4.74 Å². The molecule has 0 aromatic carbocycles. The molecule has 20 heavy (non-hydrogen) atoms. The minimum absolute atomic E-state index is 0.371. The van der Waals surface area contributed by atoms with Gasteiger partial charge in [-0.2, -0.15) is 4.98 Å². The third-order valence-corrected chi connectivity index (χ3v) is 4.35. The fourth-order valence-corrected chi connectivity index (χ4v) is 3.15. The van der Waals surface area contributed by atoms with Crippen LogP contribution in [0, 0.1) is 6.92 Å². The van der Waals surface area contributed by atoms with Crippen LogP contribution in [0.1, 0.15) is 11.3 Å². The average Bonchev–Trinajstić information content (AvgIpc) is 3.01. The van der Waals surface area contributed by atoms with Crippen molar-refractivity contribution in [2.45, 2.75) is 18.9 Å². The van der Waals surface area contributed by atoms with E-state index in [1.165, 1.54) is 4.88 Å². The smallest absolute Gasteiger partial charge is 0.225 e. The lowest BCUT2D eigenvalue weighted by Gasteiger charge is -2.21. The van der Waals surface area contributed by atoms with E-state index in [-0.39, 0.29) is 0 Å². The number of rotatable bonds is 4. The van der Waals surface area contributed by atoms with Gasteiger partial charge in [0.15, 0.2) is 0 Å². The molecule has 2 aromatic heterocycles. The number of aliphatic hydroxyl groups is 1. The largest absolute Gasteiger partial charge is 0.386 e. The van der Waals surface area contributed by atoms with Gasteiger partial charge < -0.3 is 20.5 Å². The summed E-state index contributed by atoms with van der Waals surface area (Å²) in [7, 11) is 1.80. The van der Waals surface area contributed by atoms with Crippen molar-refractivity contribution in [2.75, 3.05) is 37.4 Å². The van der Waals surface area contributed by atoms with Gasteiger partial charge in [0.2, 0.25) is 5.95 Å². The normalized spacial score (nSPS) is 22.4. The standard InChI is InChI=1S/C13H18N4O2S/c1-8-5-9-10(15-6-13(18)3-4-19-7-13)16-12(14-2)17-11(9)20-8/h5,18H,3-4,6-7H2,1-2H3,(H2,14,15,16,17). The Morgan fingerprint density at radius 3 is 3.05 bits per heavy atom. The zero-order chi connectivity index (χ0) is 14.2. The Labute approximate surface area is 121 Å². The molecule has 0 aliphatic carbocycles. The van der Waals surface area contributed by atoms with Crippen LogP contribution >= 0.6 is 11.3 Å². The van der Waals surface area contributed by atoms with Crippen LogP contribution in [-0.4, -0.2) is 47.5 Å². The number of ether oxygens (including phenoxy) is 1. The summed E-state index contributed by atoms with van der Waals surface area (Å²) < 4.78 is 5.25. The van der Waals surface area contributed by atoms with Crippen molar-refractivity contribution in [1.29, 1.82) is 0 Å². The second kappa shape index (κ2) is 5.16. The van der Waals surface area contributed by atoms with Crippen LogP contribution in [0.3, 0.4) is 0 Å². The first-order valence-electron chi connectivity index (χ1n) is 6.60. The molecule has 1 unspecified atom stereocenters. The maximum absolute atomic E-state index is 10.3. The Bertz CT molecular complexity index is 622. The highest BCUT2D eigenvalue weighted by molar-refractivity contribution is 7.18. The summed E-state index contributed by atoms with van der Waals surface area (Å²) in [6, 6.07) is 2.07. The van der Waals surface area contributed by atoms with E-state index in [2.05, 4.69) is 26.7 Å². The molecule has 1 atom stereocenters. The van der Waals surface area contributed by atoms with Crippen molar-refractivity contribution in [3.63, 3.8) is 0 Å². The zero-order valence-corrected chi connectivity index (χ0v) is 12.4. The molecule has 1 saturated heterocycles. The monoisotopic (exact) mass is 294 g/mol. The zero-order valence-electron chi connectivity index (χ0n) is 11.6. The highest BCUT2D eigenvalue weighted by Crippen LogP contribution is 2.30. The number of nitrogens with one attached hydrogen (secondary N) is 2. The van der Waals surface area contributed by atoms with Crippen LogP contribution < -0.4 is 10.6 Å². The third-order valence-electron chi connectivity index (χ3n) is 3.41. The Morgan fingerprint density at radius 2 is 2.35 bits per heavy atom. The molecule has 2 aromatic rings. The molecule has 1 aliphatic rings. The molecule has 3 N–H and O–H groups in total. The van der Waals surface area contributed by atoms with E-state index in [9.17, 15) is 5.11 Å². The van der Waals surface area contributed by atoms with Gasteiger partial charge >= 0.3 is 0 Å². The first kappa shape index (κ1) is 13.5. The van der Waals surface area contributed by atoms with Crippen LogP contribution in [0.5, 0.6) is 0 Å². The summed E-state index contributed by atoms with van der Waals surface area (Å²) in [5.74, 6) is 1.33. The predicted octanol–water partition coefficient (Wildman–Crippen LogP) is 1.60. The van der Waals surface area contributed by atoms with Gasteiger partial charge in [0.05, 0.1) is 12.0 Å². The molecule has 0 bridgehead atoms. The molecule has 3 rings (SSSR count). The number of aromatic nitrogens is 2. The minimum Gasteiger partial charge on any atom is -0.386 e. The fourth-order valence-electron chi connectivity index (χ4n) is 2.27. The van der Waals surface area contributed by atoms with Crippen molar-refractivity contribution >= 4 is 33.3 Å². The number of aryl methyl sites for hydroxylation is 1. The lowest BCUT2D eigenvalue weighted by molar-refractivity contribution is 0.0381. The Balaban J connectivity index is 1.89. The van der Waals surface area contributed by atoms with E-state index in [1.54, 1.807) is 18.4 Å². The predicted molar refractivity (Wildman–Crippen MR) is 80.6 cm³/mol. The van der Waals surface area contributed by atoms with Gasteiger partial charge in [0.25, 0.3) is 0 Å². The van der Waals surface area contributed by atoms with E-state index in [0.717, 1.165) is 16.0 Å². The van der Waals surface area contributed by atoms with E-state index in [1.807, 2.05) is 6.92 Å². The highest BCUT2D eigenvalue weighted by Gasteiger charge is 2.32. The Kier molecular flexibility index (Phi) is 3.49. The van der Waals surface area contributed by atoms with Crippen molar-refractivity contribution in [1.82, 2.24) is 9.97 Å². The minimum atomic E-state index is -0.803. The third kappa shape index (κ3) is 2.56. The molecule has 0 amide bonds. The summed E-state index contributed by atoms with van der Waals surface area (Å²) in [4.78, 5) is 11.0. The number of fused-ring (bicyclic) bond motifs is 1. The lowest BCUT2D eigenvalue weighted by atomic mass is 10.0. The molecule has 1 aliphatic heterocycles. The second-order valence-corrected chi connectivity index (χ2v) is 6.34. The maximum Gasteiger partial charge on any atom is 0.225 e. The number of nitrogens with zero attached hydrogens (tertiary/aromatic N) is 2. The molecule has 0 saturated carbocycles. The molecular formula is C13H18N4O2S. The Morgan fingerprint density at radius 1 is 1.50 bits per heavy atom. The SMILES string of the molecule is CNc1nc(NCC2(O)CCOC2)c2cc(C)sc2n1. The Hall–Kier alpha value is -1.44. The van der Waals surface area contributed by atoms with Gasteiger partial charge in [-0.05, 0) is 13.0 Å². The summed E-state index contributed by atoms with van der Waals surface area (Å²) in [5, 5.41) is 17.5. The van der Waals surface area contributed by atoms with Crippen LogP contribution in [-0.2, 0) is 4.74 Å². The first-order chi connectivity index (χ1) is 9.59. The quantitative estimate of drug-likeness (QED) is 0.795. The van der Waals surface area contributed by atoms with Crippen LogP contribution in [0.25, 0.3) is 10.2 Å². The molecule has 7 heteroatoms. The van der Waals surface area contributed by atoms with Crippen molar-refractivity contribution in [3.8, 4) is 0 Å². The van der Waals surface area contributed by atoms with Crippen LogP contribution in [0.4, 0.5) is 11.8 Å². The average molecular weight is 294 g/mol. The molecule has 6 nitrogen and oxygen atoms in total. The van der Waals surface area contributed by atoms with Gasteiger partial charge in [-0.25, -0.2) is 4.98 Å². The van der Waals surface area contributed by atoms with Crippen LogP contribution in [0.2, 0.25) is 0 Å². The topological polar surface area (TPSA) is 79.3 Å². The summed E-state index contributed by atoms with van der Waals surface area (Å²) >= 11 is 1.63. The maximum atomic E-state index is 10.3. The summed E-state index contributed by atoms with van der Waals surface area (Å²) in [6.07, 6.45) is 0.649. The molecule has 0 radical (unpaired) electrons. The first-order valence-corrected chi connectivity index (χ1v) is 7.41. The van der Waals surface area contributed by atoms with Gasteiger partial charge in [-0.3, -0.25) is 0 Å². The molecule has 108 valence electrons. The highest BCUT2D eigenvalue weighted by atomic mass is 32.1. The van der Waals surface area contributed by atoms with E-state index >= 15 is 0 Å². The number of hydrogen-bond donors (Lipinski definition) is 3. The van der Waals surface area contributed by atoms with Crippen molar-refractivity contribution in [3.05, 3.63) is 10.9 Å². The molecular weight excluding hydrogens is 276 g/mol. The van der Waals surface area contributed by atoms with Crippen LogP contribution in [0.15, 0.2) is 6.07 Å². The van der Waals surface area contributed by atoms with Crippen molar-refractivity contribution < 1.29 is 9.84 Å². The van der Waals surface area contributed by atoms with Gasteiger partial charge in [-0.15, -0.1) is 11.3 Å². The summed E-state index contributed by atoms with van der Waals surface area (Å²) in [5.41, 5.74) is -0.803. The molecule has 0 spiro atoms. The number of hydrogen-bond acceptors (Lipinski definition) is 7. The molecule has 1 fully saturated rings. The summed E-state index contributed by atoms with van der Waals surface area (Å²) in [6.45, 7) is 3.46. The molecule has 3 heterocycles. The van der Waals surface area contributed by atoms with E-state index in [0.29, 0.717) is 32.1 Å².